The van der Waals surface area contributed by atoms with E-state index in [9.17, 15) is 4.79 Å². The zero-order valence-electron chi connectivity index (χ0n) is 13.2. The summed E-state index contributed by atoms with van der Waals surface area (Å²) in [6.07, 6.45) is 6.73. The number of hydrogen-bond acceptors (Lipinski definition) is 5. The fraction of sp³-hybridized carbons (Fsp3) is 0.333. The van der Waals surface area contributed by atoms with Crippen LogP contribution in [0.5, 0.6) is 0 Å². The van der Waals surface area contributed by atoms with Crippen LogP contribution in [-0.2, 0) is 11.2 Å². The highest BCUT2D eigenvalue weighted by molar-refractivity contribution is 5.93. The molecule has 1 unspecified atom stereocenters. The zero-order valence-corrected chi connectivity index (χ0v) is 13.2. The van der Waals surface area contributed by atoms with Crippen molar-refractivity contribution in [2.24, 2.45) is 5.92 Å². The molecule has 1 atom stereocenters. The number of fused-ring (bicyclic) bond motifs is 1. The van der Waals surface area contributed by atoms with Crippen molar-refractivity contribution in [3.8, 4) is 11.4 Å². The van der Waals surface area contributed by atoms with Gasteiger partial charge in [-0.05, 0) is 24.1 Å². The number of hydrogen-bond donors (Lipinski definition) is 1. The second kappa shape index (κ2) is 6.39. The summed E-state index contributed by atoms with van der Waals surface area (Å²) in [5.41, 5.74) is 0.863. The van der Waals surface area contributed by atoms with E-state index >= 15 is 0 Å². The molecule has 1 aliphatic rings. The molecule has 1 saturated heterocycles. The van der Waals surface area contributed by atoms with Gasteiger partial charge < -0.3 is 9.84 Å². The number of carbonyl (C=O) groups excluding carboxylic acids is 1. The maximum absolute atomic E-state index is 11.7. The Morgan fingerprint density at radius 1 is 1.25 bits per heavy atom. The van der Waals surface area contributed by atoms with Gasteiger partial charge in [-0.15, -0.1) is 0 Å². The highest BCUT2D eigenvalue weighted by Gasteiger charge is 2.21. The lowest BCUT2D eigenvalue weighted by molar-refractivity contribution is -0.121. The Morgan fingerprint density at radius 2 is 2.17 bits per heavy atom. The number of rotatable bonds is 3. The van der Waals surface area contributed by atoms with E-state index in [2.05, 4.69) is 20.4 Å². The average molecular weight is 322 g/mol. The summed E-state index contributed by atoms with van der Waals surface area (Å²) in [7, 11) is 0. The molecule has 1 amide bonds. The Balaban J connectivity index is 1.59. The lowest BCUT2D eigenvalue weighted by atomic mass is 9.97. The molecule has 0 bridgehead atoms. The van der Waals surface area contributed by atoms with Crippen LogP contribution < -0.4 is 5.32 Å². The summed E-state index contributed by atoms with van der Waals surface area (Å²) in [4.78, 5) is 20.5. The number of aromatic nitrogens is 3. The number of nitrogens with one attached hydrogen (secondary N) is 1. The van der Waals surface area contributed by atoms with Crippen molar-refractivity contribution in [2.75, 3.05) is 6.54 Å². The molecule has 4 rings (SSSR count). The Hall–Kier alpha value is -2.76. The van der Waals surface area contributed by atoms with E-state index in [0.29, 0.717) is 24.6 Å². The minimum Gasteiger partial charge on any atom is -0.356 e. The number of pyridine rings is 1. The zero-order chi connectivity index (χ0) is 16.4. The Kier molecular flexibility index (Phi) is 3.94. The second-order valence-electron chi connectivity index (χ2n) is 6.19. The third-order valence-electron chi connectivity index (χ3n) is 4.43. The maximum Gasteiger partial charge on any atom is 0.227 e. The first-order valence-electron chi connectivity index (χ1n) is 8.22. The number of amides is 1. The summed E-state index contributed by atoms with van der Waals surface area (Å²) < 4.78 is 5.43. The number of benzene rings is 1. The van der Waals surface area contributed by atoms with Gasteiger partial charge in [0.25, 0.3) is 0 Å². The summed E-state index contributed by atoms with van der Waals surface area (Å²) in [6.45, 7) is 0.756. The van der Waals surface area contributed by atoms with E-state index in [1.54, 1.807) is 6.20 Å². The highest BCUT2D eigenvalue weighted by atomic mass is 16.5. The van der Waals surface area contributed by atoms with Crippen molar-refractivity contribution < 1.29 is 9.32 Å². The molecule has 3 aromatic rings. The smallest absolute Gasteiger partial charge is 0.227 e. The Morgan fingerprint density at radius 3 is 3.12 bits per heavy atom. The molecule has 6 heteroatoms. The largest absolute Gasteiger partial charge is 0.356 e. The van der Waals surface area contributed by atoms with Gasteiger partial charge in [0.1, 0.15) is 0 Å². The van der Waals surface area contributed by atoms with Gasteiger partial charge in [-0.2, -0.15) is 4.98 Å². The van der Waals surface area contributed by atoms with Crippen molar-refractivity contribution in [2.45, 2.75) is 25.7 Å². The average Bonchev–Trinajstić information content (AvgIpc) is 2.96. The van der Waals surface area contributed by atoms with E-state index in [1.165, 1.54) is 0 Å². The number of nitrogens with zero attached hydrogens (tertiary/aromatic N) is 3. The molecule has 122 valence electrons. The third kappa shape index (κ3) is 2.99. The molecule has 0 radical (unpaired) electrons. The van der Waals surface area contributed by atoms with Gasteiger partial charge in [-0.25, -0.2) is 0 Å². The molecule has 0 spiro atoms. The quantitative estimate of drug-likeness (QED) is 0.802. The van der Waals surface area contributed by atoms with Crippen LogP contribution in [0.2, 0.25) is 0 Å². The summed E-state index contributed by atoms with van der Waals surface area (Å²) in [6, 6.07) is 8.00. The normalized spacial score (nSPS) is 18.3. The van der Waals surface area contributed by atoms with Gasteiger partial charge in [0.2, 0.25) is 17.6 Å². The van der Waals surface area contributed by atoms with Crippen LogP contribution in [0, 0.1) is 5.92 Å². The first-order chi connectivity index (χ1) is 11.8. The topological polar surface area (TPSA) is 80.9 Å². The van der Waals surface area contributed by atoms with Crippen LogP contribution in [0.25, 0.3) is 22.2 Å². The van der Waals surface area contributed by atoms with Gasteiger partial charge in [0.15, 0.2) is 0 Å². The Bertz CT molecular complexity index is 869. The van der Waals surface area contributed by atoms with Gasteiger partial charge in [0, 0.05) is 42.7 Å². The van der Waals surface area contributed by atoms with Crippen LogP contribution in [0.1, 0.15) is 25.2 Å². The second-order valence-corrected chi connectivity index (χ2v) is 6.19. The molecule has 1 aliphatic heterocycles. The van der Waals surface area contributed by atoms with E-state index in [-0.39, 0.29) is 11.8 Å². The maximum atomic E-state index is 11.7. The van der Waals surface area contributed by atoms with Crippen molar-refractivity contribution in [3.05, 3.63) is 42.5 Å². The van der Waals surface area contributed by atoms with Crippen molar-refractivity contribution in [1.82, 2.24) is 20.4 Å². The van der Waals surface area contributed by atoms with Crippen LogP contribution in [0.4, 0.5) is 0 Å². The van der Waals surface area contributed by atoms with E-state index in [0.717, 1.165) is 35.7 Å². The molecular formula is C18H18N4O2. The van der Waals surface area contributed by atoms with Gasteiger partial charge in [0.05, 0.1) is 0 Å². The summed E-state index contributed by atoms with van der Waals surface area (Å²) >= 11 is 0. The van der Waals surface area contributed by atoms with Crippen molar-refractivity contribution in [1.29, 1.82) is 0 Å². The predicted octanol–water partition coefficient (Wildman–Crippen LogP) is 2.74. The van der Waals surface area contributed by atoms with Crippen LogP contribution in [0.15, 0.2) is 41.2 Å². The predicted molar refractivity (Wildman–Crippen MR) is 89.1 cm³/mol. The summed E-state index contributed by atoms with van der Waals surface area (Å²) in [5.74, 6) is 1.49. The molecule has 0 saturated carbocycles. The molecule has 2 aromatic heterocycles. The van der Waals surface area contributed by atoms with Gasteiger partial charge >= 0.3 is 0 Å². The minimum absolute atomic E-state index is 0.107. The molecule has 0 aliphatic carbocycles. The first kappa shape index (κ1) is 14.8. The molecule has 6 nitrogen and oxygen atoms in total. The molecular weight excluding hydrogens is 304 g/mol. The first-order valence-corrected chi connectivity index (χ1v) is 8.22. The number of carbonyl (C=O) groups is 1. The summed E-state index contributed by atoms with van der Waals surface area (Å²) in [5, 5.41) is 9.11. The minimum atomic E-state index is 0.107. The van der Waals surface area contributed by atoms with E-state index in [1.807, 2.05) is 30.5 Å². The Labute approximate surface area is 139 Å². The molecule has 1 aromatic carbocycles. The SMILES string of the molecule is O=C1CC(Cc2nc(-c3cncc4ccccc34)no2)CCCN1. The van der Waals surface area contributed by atoms with Crippen LogP contribution in [0.3, 0.4) is 0 Å². The molecule has 3 heterocycles. The third-order valence-corrected chi connectivity index (χ3v) is 4.43. The fourth-order valence-corrected chi connectivity index (χ4v) is 3.22. The van der Waals surface area contributed by atoms with E-state index in [4.69, 9.17) is 4.52 Å². The molecule has 1 fully saturated rings. The van der Waals surface area contributed by atoms with Crippen LogP contribution >= 0.6 is 0 Å². The monoisotopic (exact) mass is 322 g/mol. The van der Waals surface area contributed by atoms with Crippen molar-refractivity contribution in [3.63, 3.8) is 0 Å². The molecule has 24 heavy (non-hydrogen) atoms. The van der Waals surface area contributed by atoms with Crippen molar-refractivity contribution >= 4 is 16.7 Å². The van der Waals surface area contributed by atoms with E-state index < -0.39 is 0 Å². The van der Waals surface area contributed by atoms with Crippen LogP contribution in [-0.4, -0.2) is 27.6 Å². The lowest BCUT2D eigenvalue weighted by Crippen LogP contribution is -2.22. The highest BCUT2D eigenvalue weighted by Crippen LogP contribution is 2.26. The van der Waals surface area contributed by atoms with Gasteiger partial charge in [-0.3, -0.25) is 9.78 Å². The van der Waals surface area contributed by atoms with Gasteiger partial charge in [-0.1, -0.05) is 29.4 Å². The lowest BCUT2D eigenvalue weighted by Gasteiger charge is -2.08. The fourth-order valence-electron chi connectivity index (χ4n) is 3.22. The molecule has 1 N–H and O–H groups in total. The standard InChI is InChI=1S/C18H18N4O2/c23-16-8-12(4-3-7-20-16)9-17-21-18(22-24-17)15-11-19-10-13-5-1-2-6-14(13)15/h1-2,5-6,10-12H,3-4,7-9H2,(H,20,23).